The zero-order chi connectivity index (χ0) is 12.3. The number of rotatable bonds is 3. The monoisotopic (exact) mass is 246 g/mol. The van der Waals surface area contributed by atoms with Crippen molar-refractivity contribution in [1.29, 1.82) is 0 Å². The van der Waals surface area contributed by atoms with Gasteiger partial charge in [0.2, 0.25) is 0 Å². The van der Waals surface area contributed by atoms with E-state index in [0.29, 0.717) is 5.02 Å². The summed E-state index contributed by atoms with van der Waals surface area (Å²) in [5.41, 5.74) is 9.35. The highest BCUT2D eigenvalue weighted by Crippen LogP contribution is 2.28. The highest BCUT2D eigenvalue weighted by Gasteiger charge is 2.12. The van der Waals surface area contributed by atoms with Crippen molar-refractivity contribution < 1.29 is 0 Å². The maximum Gasteiger partial charge on any atom is 0.0572 e. The molecule has 0 heterocycles. The Bertz CT molecular complexity index is 497. The molecule has 0 saturated carbocycles. The van der Waals surface area contributed by atoms with E-state index in [-0.39, 0.29) is 6.04 Å². The Morgan fingerprint density at radius 2 is 1.82 bits per heavy atom. The molecule has 2 aromatic rings. The fraction of sp³-hybridized carbons (Fsp3) is 0.143. The molecule has 0 radical (unpaired) electrons. The van der Waals surface area contributed by atoms with E-state index in [1.54, 1.807) is 0 Å². The van der Waals surface area contributed by atoms with E-state index < -0.39 is 0 Å². The van der Waals surface area contributed by atoms with E-state index in [1.165, 1.54) is 0 Å². The van der Waals surface area contributed by atoms with Gasteiger partial charge in [-0.3, -0.25) is 0 Å². The highest BCUT2D eigenvalue weighted by atomic mass is 35.5. The van der Waals surface area contributed by atoms with E-state index in [9.17, 15) is 0 Å². The van der Waals surface area contributed by atoms with Gasteiger partial charge < -0.3 is 11.1 Å². The smallest absolute Gasteiger partial charge is 0.0572 e. The molecule has 0 bridgehead atoms. The molecule has 0 spiro atoms. The summed E-state index contributed by atoms with van der Waals surface area (Å²) in [7, 11) is 1.88. The predicted octanol–water partition coefficient (Wildman–Crippen LogP) is 3.43. The molecular weight excluding hydrogens is 232 g/mol. The number of halogens is 1. The van der Waals surface area contributed by atoms with Crippen LogP contribution in [0.2, 0.25) is 5.02 Å². The predicted molar refractivity (Wildman–Crippen MR) is 73.5 cm³/mol. The van der Waals surface area contributed by atoms with E-state index in [1.807, 2.05) is 55.6 Å². The summed E-state index contributed by atoms with van der Waals surface area (Å²) in [4.78, 5) is 0. The lowest BCUT2D eigenvalue weighted by atomic mass is 9.98. The second-order valence-electron chi connectivity index (χ2n) is 3.87. The molecule has 3 heteroatoms. The molecule has 3 N–H and O–H groups in total. The summed E-state index contributed by atoms with van der Waals surface area (Å²) in [5.74, 6) is 0. The Balaban J connectivity index is 2.43. The van der Waals surface area contributed by atoms with Gasteiger partial charge in [0.15, 0.2) is 0 Å². The number of anilines is 1. The first-order chi connectivity index (χ1) is 8.22. The van der Waals surface area contributed by atoms with Crippen LogP contribution in [0.5, 0.6) is 0 Å². The van der Waals surface area contributed by atoms with Crippen LogP contribution >= 0.6 is 11.6 Å². The van der Waals surface area contributed by atoms with Crippen LogP contribution < -0.4 is 11.1 Å². The second kappa shape index (κ2) is 5.21. The minimum atomic E-state index is -0.169. The zero-order valence-electron chi connectivity index (χ0n) is 9.65. The molecular formula is C14H15ClN2. The van der Waals surface area contributed by atoms with Gasteiger partial charge in [0.05, 0.1) is 6.04 Å². The third kappa shape index (κ3) is 2.60. The van der Waals surface area contributed by atoms with Crippen LogP contribution in [0.1, 0.15) is 17.2 Å². The van der Waals surface area contributed by atoms with Crippen LogP contribution in [-0.2, 0) is 0 Å². The lowest BCUT2D eigenvalue weighted by Crippen LogP contribution is -2.13. The van der Waals surface area contributed by atoms with Crippen molar-refractivity contribution in [3.8, 4) is 0 Å². The Labute approximate surface area is 106 Å². The molecule has 17 heavy (non-hydrogen) atoms. The quantitative estimate of drug-likeness (QED) is 0.871. The van der Waals surface area contributed by atoms with Crippen LogP contribution in [0, 0.1) is 0 Å². The SMILES string of the molecule is CNc1ccc(Cl)cc1[C@H](N)c1ccccc1. The molecule has 0 fully saturated rings. The van der Waals surface area contributed by atoms with E-state index in [2.05, 4.69) is 5.32 Å². The Morgan fingerprint density at radius 3 is 2.47 bits per heavy atom. The topological polar surface area (TPSA) is 38.0 Å². The standard InChI is InChI=1S/C14H15ClN2/c1-17-13-8-7-11(15)9-12(13)14(16)10-5-3-2-4-6-10/h2-9,14,17H,16H2,1H3/t14-/m1/s1. The van der Waals surface area contributed by atoms with Crippen LogP contribution in [0.4, 0.5) is 5.69 Å². The average molecular weight is 247 g/mol. The first-order valence-electron chi connectivity index (χ1n) is 5.50. The average Bonchev–Trinajstić information content (AvgIpc) is 2.39. The summed E-state index contributed by atoms with van der Waals surface area (Å²) in [6.45, 7) is 0. The van der Waals surface area contributed by atoms with E-state index in [0.717, 1.165) is 16.8 Å². The summed E-state index contributed by atoms with van der Waals surface area (Å²) in [6, 6.07) is 15.5. The van der Waals surface area contributed by atoms with Gasteiger partial charge in [0, 0.05) is 17.8 Å². The van der Waals surface area contributed by atoms with Gasteiger partial charge in [-0.05, 0) is 29.3 Å². The van der Waals surface area contributed by atoms with Gasteiger partial charge in [-0.15, -0.1) is 0 Å². The maximum atomic E-state index is 6.26. The Hall–Kier alpha value is -1.51. The molecule has 1 atom stereocenters. The van der Waals surface area contributed by atoms with Crippen LogP contribution in [0.25, 0.3) is 0 Å². The zero-order valence-corrected chi connectivity index (χ0v) is 10.4. The molecule has 0 saturated heterocycles. The lowest BCUT2D eigenvalue weighted by Gasteiger charge is -2.17. The van der Waals surface area contributed by atoms with Gasteiger partial charge in [-0.1, -0.05) is 41.9 Å². The minimum Gasteiger partial charge on any atom is -0.388 e. The molecule has 2 aromatic carbocycles. The Kier molecular flexibility index (Phi) is 3.67. The Morgan fingerprint density at radius 1 is 1.12 bits per heavy atom. The van der Waals surface area contributed by atoms with Gasteiger partial charge >= 0.3 is 0 Å². The summed E-state index contributed by atoms with van der Waals surface area (Å²) in [6.07, 6.45) is 0. The van der Waals surface area contributed by atoms with Gasteiger partial charge in [-0.2, -0.15) is 0 Å². The third-order valence-corrected chi connectivity index (χ3v) is 3.01. The molecule has 0 amide bonds. The molecule has 0 aliphatic heterocycles. The number of nitrogens with two attached hydrogens (primary N) is 1. The third-order valence-electron chi connectivity index (χ3n) is 2.78. The van der Waals surface area contributed by atoms with Crippen LogP contribution in [0.15, 0.2) is 48.5 Å². The number of hydrogen-bond acceptors (Lipinski definition) is 2. The fourth-order valence-corrected chi connectivity index (χ4v) is 2.04. The van der Waals surface area contributed by atoms with Crippen molar-refractivity contribution in [2.24, 2.45) is 5.73 Å². The van der Waals surface area contributed by atoms with Crippen LogP contribution in [0.3, 0.4) is 0 Å². The maximum absolute atomic E-state index is 6.26. The minimum absolute atomic E-state index is 0.169. The van der Waals surface area contributed by atoms with Gasteiger partial charge in [0.1, 0.15) is 0 Å². The number of nitrogens with one attached hydrogen (secondary N) is 1. The van der Waals surface area contributed by atoms with Gasteiger partial charge in [0.25, 0.3) is 0 Å². The van der Waals surface area contributed by atoms with E-state index in [4.69, 9.17) is 17.3 Å². The fourth-order valence-electron chi connectivity index (χ4n) is 1.86. The van der Waals surface area contributed by atoms with E-state index >= 15 is 0 Å². The lowest BCUT2D eigenvalue weighted by molar-refractivity contribution is 0.873. The normalized spacial score (nSPS) is 12.2. The molecule has 2 rings (SSSR count). The molecule has 2 nitrogen and oxygen atoms in total. The first kappa shape index (κ1) is 12.0. The van der Waals surface area contributed by atoms with Crippen molar-refractivity contribution in [1.82, 2.24) is 0 Å². The van der Waals surface area contributed by atoms with Crippen LogP contribution in [-0.4, -0.2) is 7.05 Å². The highest BCUT2D eigenvalue weighted by molar-refractivity contribution is 6.30. The number of benzene rings is 2. The van der Waals surface area contributed by atoms with Crippen molar-refractivity contribution in [2.75, 3.05) is 12.4 Å². The molecule has 0 unspecified atom stereocenters. The first-order valence-corrected chi connectivity index (χ1v) is 5.88. The largest absolute Gasteiger partial charge is 0.388 e. The summed E-state index contributed by atoms with van der Waals surface area (Å²) < 4.78 is 0. The molecule has 0 aliphatic rings. The summed E-state index contributed by atoms with van der Waals surface area (Å²) in [5, 5.41) is 3.83. The van der Waals surface area contributed by atoms with Crippen molar-refractivity contribution >= 4 is 17.3 Å². The van der Waals surface area contributed by atoms with Crippen molar-refractivity contribution in [3.05, 3.63) is 64.7 Å². The summed E-state index contributed by atoms with van der Waals surface area (Å²) >= 11 is 6.02. The second-order valence-corrected chi connectivity index (χ2v) is 4.31. The van der Waals surface area contributed by atoms with Gasteiger partial charge in [-0.25, -0.2) is 0 Å². The number of hydrogen-bond donors (Lipinski definition) is 2. The van der Waals surface area contributed by atoms with Crippen molar-refractivity contribution in [3.63, 3.8) is 0 Å². The molecule has 88 valence electrons. The molecule has 0 aromatic heterocycles. The molecule has 0 aliphatic carbocycles. The van der Waals surface area contributed by atoms with Crippen molar-refractivity contribution in [2.45, 2.75) is 6.04 Å².